The first-order valence-electron chi connectivity index (χ1n) is 3.96. The fourth-order valence-electron chi connectivity index (χ4n) is 1.24. The SMILES string of the molecule is N#CN1CCC(NC(=O)C(F)(F)F)C1. The third kappa shape index (κ3) is 2.52. The Kier molecular flexibility index (Phi) is 2.84. The van der Waals surface area contributed by atoms with Crippen molar-refractivity contribution in [1.82, 2.24) is 10.2 Å². The van der Waals surface area contributed by atoms with Crippen molar-refractivity contribution in [2.75, 3.05) is 13.1 Å². The zero-order valence-corrected chi connectivity index (χ0v) is 7.14. The topological polar surface area (TPSA) is 56.1 Å². The van der Waals surface area contributed by atoms with Crippen LogP contribution in [-0.4, -0.2) is 36.1 Å². The van der Waals surface area contributed by atoms with Gasteiger partial charge >= 0.3 is 12.1 Å². The van der Waals surface area contributed by atoms with Crippen LogP contribution in [0.25, 0.3) is 0 Å². The van der Waals surface area contributed by atoms with Gasteiger partial charge in [-0.2, -0.15) is 18.4 Å². The van der Waals surface area contributed by atoms with Crippen molar-refractivity contribution in [3.63, 3.8) is 0 Å². The van der Waals surface area contributed by atoms with Crippen molar-refractivity contribution in [3.05, 3.63) is 0 Å². The Labute approximate surface area is 78.3 Å². The van der Waals surface area contributed by atoms with E-state index in [0.717, 1.165) is 0 Å². The lowest BCUT2D eigenvalue weighted by Crippen LogP contribution is -2.44. The maximum absolute atomic E-state index is 11.8. The van der Waals surface area contributed by atoms with Crippen LogP contribution >= 0.6 is 0 Å². The number of rotatable bonds is 1. The second kappa shape index (κ2) is 3.74. The van der Waals surface area contributed by atoms with E-state index in [1.807, 2.05) is 5.32 Å². The van der Waals surface area contributed by atoms with E-state index in [1.54, 1.807) is 6.19 Å². The summed E-state index contributed by atoms with van der Waals surface area (Å²) in [7, 11) is 0. The van der Waals surface area contributed by atoms with Gasteiger partial charge in [-0.1, -0.05) is 0 Å². The summed E-state index contributed by atoms with van der Waals surface area (Å²) in [6, 6.07) is -0.580. The van der Waals surface area contributed by atoms with Crippen molar-refractivity contribution >= 4 is 5.91 Å². The first kappa shape index (κ1) is 10.6. The van der Waals surface area contributed by atoms with Crippen molar-refractivity contribution in [1.29, 1.82) is 5.26 Å². The molecule has 0 radical (unpaired) electrons. The predicted octanol–water partition coefficient (Wildman–Crippen LogP) is 0.220. The summed E-state index contributed by atoms with van der Waals surface area (Å²) in [4.78, 5) is 11.8. The smallest absolute Gasteiger partial charge is 0.344 e. The van der Waals surface area contributed by atoms with Gasteiger partial charge in [0.25, 0.3) is 0 Å². The van der Waals surface area contributed by atoms with Crippen LogP contribution in [0.2, 0.25) is 0 Å². The van der Waals surface area contributed by atoms with Gasteiger partial charge < -0.3 is 10.2 Å². The van der Waals surface area contributed by atoms with Gasteiger partial charge in [0.2, 0.25) is 0 Å². The Balaban J connectivity index is 2.41. The molecule has 0 spiro atoms. The fourth-order valence-corrected chi connectivity index (χ4v) is 1.24. The number of nitriles is 1. The van der Waals surface area contributed by atoms with E-state index in [1.165, 1.54) is 4.90 Å². The molecule has 4 nitrogen and oxygen atoms in total. The lowest BCUT2D eigenvalue weighted by Gasteiger charge is -2.13. The first-order valence-corrected chi connectivity index (χ1v) is 3.96. The molecule has 0 saturated carbocycles. The number of alkyl halides is 3. The highest BCUT2D eigenvalue weighted by Gasteiger charge is 2.40. The Hall–Kier alpha value is -1.45. The number of hydrogen-bond acceptors (Lipinski definition) is 3. The van der Waals surface area contributed by atoms with Crippen molar-refractivity contribution in [3.8, 4) is 6.19 Å². The maximum Gasteiger partial charge on any atom is 0.471 e. The lowest BCUT2D eigenvalue weighted by atomic mass is 10.2. The fraction of sp³-hybridized carbons (Fsp3) is 0.714. The van der Waals surface area contributed by atoms with Crippen LogP contribution in [0.4, 0.5) is 13.2 Å². The second-order valence-electron chi connectivity index (χ2n) is 3.00. The summed E-state index contributed by atoms with van der Waals surface area (Å²) in [5.74, 6) is -1.94. The van der Waals surface area contributed by atoms with Gasteiger partial charge in [0.1, 0.15) is 0 Å². The molecule has 78 valence electrons. The molecule has 7 heteroatoms. The highest BCUT2D eigenvalue weighted by molar-refractivity contribution is 5.81. The number of amides is 1. The molecule has 1 atom stereocenters. The van der Waals surface area contributed by atoms with E-state index >= 15 is 0 Å². The molecule has 14 heavy (non-hydrogen) atoms. The first-order chi connectivity index (χ1) is 6.43. The van der Waals surface area contributed by atoms with Crippen LogP contribution < -0.4 is 5.32 Å². The van der Waals surface area contributed by atoms with Crippen LogP contribution in [0.15, 0.2) is 0 Å². The van der Waals surface area contributed by atoms with E-state index in [2.05, 4.69) is 0 Å². The number of hydrogen-bond donors (Lipinski definition) is 1. The van der Waals surface area contributed by atoms with Crippen molar-refractivity contribution in [2.24, 2.45) is 0 Å². The molecule has 1 N–H and O–H groups in total. The molecule has 1 unspecified atom stereocenters. The van der Waals surface area contributed by atoms with E-state index in [0.29, 0.717) is 13.0 Å². The van der Waals surface area contributed by atoms with Crippen molar-refractivity contribution < 1.29 is 18.0 Å². The number of nitrogens with one attached hydrogen (secondary N) is 1. The van der Waals surface area contributed by atoms with Crippen LogP contribution in [0.1, 0.15) is 6.42 Å². The molecule has 1 fully saturated rings. The summed E-state index contributed by atoms with van der Waals surface area (Å²) >= 11 is 0. The van der Waals surface area contributed by atoms with Crippen LogP contribution in [0.3, 0.4) is 0 Å². The molecule has 0 aliphatic carbocycles. The molecule has 1 saturated heterocycles. The monoisotopic (exact) mass is 207 g/mol. The molecule has 1 amide bonds. The third-order valence-electron chi connectivity index (χ3n) is 1.92. The Morgan fingerprint density at radius 3 is 2.64 bits per heavy atom. The number of nitrogens with zero attached hydrogens (tertiary/aromatic N) is 2. The minimum Gasteiger partial charge on any atom is -0.344 e. The van der Waals surface area contributed by atoms with Gasteiger partial charge in [0, 0.05) is 19.1 Å². The van der Waals surface area contributed by atoms with E-state index in [-0.39, 0.29) is 6.54 Å². The normalized spacial score (nSPS) is 21.9. The highest BCUT2D eigenvalue weighted by atomic mass is 19.4. The number of likely N-dealkylation sites (tertiary alicyclic amines) is 1. The standard InChI is InChI=1S/C7H8F3N3O/c8-7(9,10)6(14)12-5-1-2-13(3-5)4-11/h5H,1-3H2,(H,12,14). The van der Waals surface area contributed by atoms with Crippen LogP contribution in [-0.2, 0) is 4.79 Å². The zero-order chi connectivity index (χ0) is 10.8. The highest BCUT2D eigenvalue weighted by Crippen LogP contribution is 2.16. The van der Waals surface area contributed by atoms with E-state index in [4.69, 9.17) is 5.26 Å². The number of halogens is 3. The Morgan fingerprint density at radius 1 is 1.57 bits per heavy atom. The van der Waals surface area contributed by atoms with Gasteiger partial charge in [-0.15, -0.1) is 0 Å². The molecular weight excluding hydrogens is 199 g/mol. The average molecular weight is 207 g/mol. The van der Waals surface area contributed by atoms with Crippen molar-refractivity contribution in [2.45, 2.75) is 18.6 Å². The molecule has 0 aromatic heterocycles. The zero-order valence-electron chi connectivity index (χ0n) is 7.14. The summed E-state index contributed by atoms with van der Waals surface area (Å²) in [6.07, 6.45) is -2.67. The maximum atomic E-state index is 11.8. The van der Waals surface area contributed by atoms with Gasteiger partial charge in [0.05, 0.1) is 0 Å². The summed E-state index contributed by atoms with van der Waals surface area (Å²) in [6.45, 7) is 0.539. The summed E-state index contributed by atoms with van der Waals surface area (Å²) in [5.41, 5.74) is 0. The van der Waals surface area contributed by atoms with Gasteiger partial charge in [-0.05, 0) is 6.42 Å². The second-order valence-corrected chi connectivity index (χ2v) is 3.00. The number of carbonyl (C=O) groups is 1. The Bertz CT molecular complexity index is 270. The molecular formula is C7H8F3N3O. The molecule has 0 bridgehead atoms. The van der Waals surface area contributed by atoms with Gasteiger partial charge in [0.15, 0.2) is 6.19 Å². The van der Waals surface area contributed by atoms with Crippen LogP contribution in [0.5, 0.6) is 0 Å². The molecule has 1 aliphatic rings. The van der Waals surface area contributed by atoms with E-state index < -0.39 is 18.1 Å². The number of carbonyl (C=O) groups excluding carboxylic acids is 1. The molecule has 1 heterocycles. The van der Waals surface area contributed by atoms with Gasteiger partial charge in [-0.25, -0.2) is 0 Å². The molecule has 0 aromatic rings. The minimum atomic E-state index is -4.85. The Morgan fingerprint density at radius 2 is 2.21 bits per heavy atom. The van der Waals surface area contributed by atoms with Crippen LogP contribution in [0, 0.1) is 11.5 Å². The predicted molar refractivity (Wildman–Crippen MR) is 39.8 cm³/mol. The quantitative estimate of drug-likeness (QED) is 0.626. The third-order valence-corrected chi connectivity index (χ3v) is 1.92. The summed E-state index contributed by atoms with van der Waals surface area (Å²) < 4.78 is 35.4. The lowest BCUT2D eigenvalue weighted by molar-refractivity contribution is -0.174. The largest absolute Gasteiger partial charge is 0.471 e. The molecule has 0 aromatic carbocycles. The summed E-state index contributed by atoms with van der Waals surface area (Å²) in [5, 5.41) is 10.2. The average Bonchev–Trinajstić information content (AvgIpc) is 2.50. The molecule has 1 aliphatic heterocycles. The van der Waals surface area contributed by atoms with E-state index in [9.17, 15) is 18.0 Å². The van der Waals surface area contributed by atoms with Gasteiger partial charge in [-0.3, -0.25) is 4.79 Å². The minimum absolute atomic E-state index is 0.151. The molecule has 1 rings (SSSR count).